The van der Waals surface area contributed by atoms with E-state index < -0.39 is 18.1 Å². The Kier molecular flexibility index (Phi) is 8.21. The largest absolute Gasteiger partial charge is 0.497 e. The second-order valence-corrected chi connectivity index (χ2v) is 7.77. The summed E-state index contributed by atoms with van der Waals surface area (Å²) in [7, 11) is 1.59. The lowest BCUT2D eigenvalue weighted by Gasteiger charge is -2.17. The molecule has 170 valence electrons. The van der Waals surface area contributed by atoms with E-state index in [1.165, 1.54) is 4.90 Å². The van der Waals surface area contributed by atoms with E-state index in [2.05, 4.69) is 10.6 Å². The average Bonchev–Trinajstić information content (AvgIpc) is 3.09. The Bertz CT molecular complexity index is 917. The van der Waals surface area contributed by atoms with Crippen molar-refractivity contribution in [2.75, 3.05) is 20.3 Å². The standard InChI is InChI=1S/C24H29N3O5/c1-32-20-9-7-17(8-10-20)13-14-27-23(30)21(26-24(27)31)11-12-22(29)25-19(16-28)15-18-5-3-2-4-6-18/h2-10,19,21,28H,11-16H2,1H3,(H,25,29)(H,26,31). The molecule has 1 heterocycles. The van der Waals surface area contributed by atoms with E-state index in [1.807, 2.05) is 54.6 Å². The number of nitrogens with zero attached hydrogens (tertiary/aromatic N) is 1. The third kappa shape index (κ3) is 6.31. The lowest BCUT2D eigenvalue weighted by atomic mass is 10.1. The van der Waals surface area contributed by atoms with E-state index in [0.717, 1.165) is 16.9 Å². The number of carbonyl (C=O) groups is 3. The number of carbonyl (C=O) groups excluding carboxylic acids is 3. The van der Waals surface area contributed by atoms with E-state index >= 15 is 0 Å². The van der Waals surface area contributed by atoms with Gasteiger partial charge in [0.05, 0.1) is 19.8 Å². The zero-order chi connectivity index (χ0) is 22.9. The molecule has 1 aliphatic rings. The maximum atomic E-state index is 12.6. The molecule has 1 fully saturated rings. The predicted octanol–water partition coefficient (Wildman–Crippen LogP) is 1.66. The number of imide groups is 1. The van der Waals surface area contributed by atoms with Gasteiger partial charge in [-0.3, -0.25) is 14.5 Å². The molecule has 0 radical (unpaired) electrons. The fourth-order valence-corrected chi connectivity index (χ4v) is 3.65. The van der Waals surface area contributed by atoms with Crippen LogP contribution in [0.5, 0.6) is 5.75 Å². The van der Waals surface area contributed by atoms with Crippen molar-refractivity contribution < 1.29 is 24.2 Å². The van der Waals surface area contributed by atoms with Crippen LogP contribution in [0.1, 0.15) is 24.0 Å². The molecular weight excluding hydrogens is 410 g/mol. The maximum Gasteiger partial charge on any atom is 0.324 e. The highest BCUT2D eigenvalue weighted by atomic mass is 16.5. The Morgan fingerprint density at radius 3 is 2.50 bits per heavy atom. The summed E-state index contributed by atoms with van der Waals surface area (Å²) >= 11 is 0. The molecule has 8 nitrogen and oxygen atoms in total. The summed E-state index contributed by atoms with van der Waals surface area (Å²) in [6, 6.07) is 15.5. The first-order chi connectivity index (χ1) is 15.5. The number of nitrogens with one attached hydrogen (secondary N) is 2. The molecule has 3 N–H and O–H groups in total. The quantitative estimate of drug-likeness (QED) is 0.462. The normalized spacial score (nSPS) is 16.6. The van der Waals surface area contributed by atoms with Crippen LogP contribution in [0.4, 0.5) is 4.79 Å². The van der Waals surface area contributed by atoms with Gasteiger partial charge in [0.15, 0.2) is 0 Å². The summed E-state index contributed by atoms with van der Waals surface area (Å²) in [5, 5.41) is 15.0. The van der Waals surface area contributed by atoms with Gasteiger partial charge in [-0.15, -0.1) is 0 Å². The monoisotopic (exact) mass is 439 g/mol. The zero-order valence-electron chi connectivity index (χ0n) is 18.1. The SMILES string of the molecule is COc1ccc(CCN2C(=O)NC(CCC(=O)NC(CO)Cc3ccccc3)C2=O)cc1. The fraction of sp³-hybridized carbons (Fsp3) is 0.375. The van der Waals surface area contributed by atoms with Crippen molar-refractivity contribution >= 4 is 17.8 Å². The van der Waals surface area contributed by atoms with Gasteiger partial charge < -0.3 is 20.5 Å². The van der Waals surface area contributed by atoms with Gasteiger partial charge in [-0.2, -0.15) is 0 Å². The van der Waals surface area contributed by atoms with Crippen molar-refractivity contribution in [3.05, 3.63) is 65.7 Å². The van der Waals surface area contributed by atoms with Crippen molar-refractivity contribution in [1.82, 2.24) is 15.5 Å². The summed E-state index contributed by atoms with van der Waals surface area (Å²) in [6.45, 7) is 0.0855. The zero-order valence-corrected chi connectivity index (χ0v) is 18.1. The van der Waals surface area contributed by atoms with Gasteiger partial charge in [0.2, 0.25) is 5.91 Å². The summed E-state index contributed by atoms with van der Waals surface area (Å²) in [6.07, 6.45) is 1.34. The van der Waals surface area contributed by atoms with Gasteiger partial charge in [-0.25, -0.2) is 4.79 Å². The number of benzene rings is 2. The van der Waals surface area contributed by atoms with E-state index in [-0.39, 0.29) is 37.8 Å². The van der Waals surface area contributed by atoms with Crippen molar-refractivity contribution in [2.45, 2.75) is 37.8 Å². The molecule has 0 aliphatic carbocycles. The molecule has 2 atom stereocenters. The van der Waals surface area contributed by atoms with Crippen molar-refractivity contribution in [1.29, 1.82) is 0 Å². The third-order valence-electron chi connectivity index (χ3n) is 5.46. The van der Waals surface area contributed by atoms with Crippen LogP contribution in [-0.4, -0.2) is 60.2 Å². The van der Waals surface area contributed by atoms with Crippen LogP contribution < -0.4 is 15.4 Å². The Morgan fingerprint density at radius 1 is 1.12 bits per heavy atom. The molecule has 1 aliphatic heterocycles. The number of amides is 4. The number of rotatable bonds is 11. The maximum absolute atomic E-state index is 12.6. The molecule has 4 amide bonds. The molecule has 1 saturated heterocycles. The number of methoxy groups -OCH3 is 1. The van der Waals surface area contributed by atoms with Gasteiger partial charge in [0.25, 0.3) is 5.91 Å². The average molecular weight is 440 g/mol. The van der Waals surface area contributed by atoms with Gasteiger partial charge in [0, 0.05) is 13.0 Å². The van der Waals surface area contributed by atoms with Crippen LogP contribution in [0.3, 0.4) is 0 Å². The molecule has 2 aromatic rings. The number of hydrogen-bond acceptors (Lipinski definition) is 5. The molecule has 0 bridgehead atoms. The Morgan fingerprint density at radius 2 is 1.84 bits per heavy atom. The minimum Gasteiger partial charge on any atom is -0.497 e. The number of urea groups is 1. The summed E-state index contributed by atoms with van der Waals surface area (Å²) in [5.74, 6) is 0.160. The first-order valence-electron chi connectivity index (χ1n) is 10.7. The minimum absolute atomic E-state index is 0.0777. The highest BCUT2D eigenvalue weighted by molar-refractivity contribution is 6.04. The smallest absolute Gasteiger partial charge is 0.324 e. The molecule has 3 rings (SSSR count). The third-order valence-corrected chi connectivity index (χ3v) is 5.46. The lowest BCUT2D eigenvalue weighted by molar-refractivity contribution is -0.127. The second kappa shape index (κ2) is 11.3. The molecule has 2 aromatic carbocycles. The Hall–Kier alpha value is -3.39. The van der Waals surface area contributed by atoms with Crippen LogP contribution in [-0.2, 0) is 22.4 Å². The second-order valence-electron chi connectivity index (χ2n) is 7.77. The molecule has 32 heavy (non-hydrogen) atoms. The molecule has 0 aromatic heterocycles. The van der Waals surface area contributed by atoms with Gasteiger partial charge in [0.1, 0.15) is 11.8 Å². The van der Waals surface area contributed by atoms with Crippen molar-refractivity contribution in [3.63, 3.8) is 0 Å². The van der Waals surface area contributed by atoms with E-state index in [1.54, 1.807) is 7.11 Å². The highest BCUT2D eigenvalue weighted by Crippen LogP contribution is 2.15. The molecule has 0 saturated carbocycles. The molecule has 2 unspecified atom stereocenters. The molecular formula is C24H29N3O5. The number of aliphatic hydroxyl groups excluding tert-OH is 1. The Balaban J connectivity index is 1.45. The van der Waals surface area contributed by atoms with Crippen LogP contribution in [0.2, 0.25) is 0 Å². The molecule has 0 spiro atoms. The first kappa shape index (κ1) is 23.3. The number of hydrogen-bond donors (Lipinski definition) is 3. The fourth-order valence-electron chi connectivity index (χ4n) is 3.65. The van der Waals surface area contributed by atoms with Crippen molar-refractivity contribution in [2.24, 2.45) is 0 Å². The van der Waals surface area contributed by atoms with Crippen LogP contribution in [0.25, 0.3) is 0 Å². The summed E-state index contributed by atoms with van der Waals surface area (Å²) in [5.41, 5.74) is 2.00. The molecule has 8 heteroatoms. The van der Waals surface area contributed by atoms with Crippen molar-refractivity contribution in [3.8, 4) is 5.75 Å². The Labute approximate surface area is 187 Å². The lowest BCUT2D eigenvalue weighted by Crippen LogP contribution is -2.40. The van der Waals surface area contributed by atoms with Gasteiger partial charge in [-0.05, 0) is 42.5 Å². The van der Waals surface area contributed by atoms with Crippen LogP contribution in [0, 0.1) is 0 Å². The van der Waals surface area contributed by atoms with E-state index in [9.17, 15) is 19.5 Å². The topological polar surface area (TPSA) is 108 Å². The summed E-state index contributed by atoms with van der Waals surface area (Å²) < 4.78 is 5.13. The number of aliphatic hydroxyl groups is 1. The minimum atomic E-state index is -0.717. The van der Waals surface area contributed by atoms with Gasteiger partial charge >= 0.3 is 6.03 Å². The first-order valence-corrected chi connectivity index (χ1v) is 10.7. The number of ether oxygens (including phenoxy) is 1. The summed E-state index contributed by atoms with van der Waals surface area (Å²) in [4.78, 5) is 38.4. The van der Waals surface area contributed by atoms with Crippen LogP contribution in [0.15, 0.2) is 54.6 Å². The van der Waals surface area contributed by atoms with E-state index in [4.69, 9.17) is 4.74 Å². The van der Waals surface area contributed by atoms with E-state index in [0.29, 0.717) is 12.8 Å². The highest BCUT2D eigenvalue weighted by Gasteiger charge is 2.37. The van der Waals surface area contributed by atoms with Gasteiger partial charge in [-0.1, -0.05) is 42.5 Å². The predicted molar refractivity (Wildman–Crippen MR) is 119 cm³/mol. The van der Waals surface area contributed by atoms with Crippen LogP contribution >= 0.6 is 0 Å².